The average molecular weight is 473 g/mol. The molecule has 0 bridgehead atoms. The third-order valence-electron chi connectivity index (χ3n) is 6.50. The van der Waals surface area contributed by atoms with E-state index in [2.05, 4.69) is 22.3 Å². The smallest absolute Gasteiger partial charge is 0.337 e. The molecule has 0 amide bonds. The molecule has 0 saturated carbocycles. The van der Waals surface area contributed by atoms with Gasteiger partial charge in [0.05, 0.1) is 22.9 Å². The normalized spacial score (nSPS) is 13.7. The fourth-order valence-corrected chi connectivity index (χ4v) is 4.74. The number of aryl methyl sites for hydroxylation is 1. The quantitative estimate of drug-likeness (QED) is 0.432. The van der Waals surface area contributed by atoms with Gasteiger partial charge in [0, 0.05) is 24.8 Å². The minimum Gasteiger partial charge on any atom is -0.478 e. The van der Waals surface area contributed by atoms with Crippen LogP contribution in [0, 0.1) is 19.7 Å². The molecule has 0 fully saturated rings. The van der Waals surface area contributed by atoms with Gasteiger partial charge in [0.2, 0.25) is 0 Å². The van der Waals surface area contributed by atoms with Gasteiger partial charge >= 0.3 is 5.97 Å². The van der Waals surface area contributed by atoms with Crippen molar-refractivity contribution in [2.24, 2.45) is 0 Å². The number of carbonyl (C=O) groups is 1. The Morgan fingerprint density at radius 1 is 1.11 bits per heavy atom. The van der Waals surface area contributed by atoms with Gasteiger partial charge in [-0.05, 0) is 55.7 Å². The van der Waals surface area contributed by atoms with E-state index in [-0.39, 0.29) is 16.8 Å². The molecule has 8 heteroatoms. The van der Waals surface area contributed by atoms with Gasteiger partial charge in [0.25, 0.3) is 5.56 Å². The van der Waals surface area contributed by atoms with E-state index in [1.54, 1.807) is 20.0 Å². The molecular weight excluding hydrogens is 447 g/mol. The fraction of sp³-hybridized carbons (Fsp3) is 0.222. The largest absolute Gasteiger partial charge is 0.478 e. The summed E-state index contributed by atoms with van der Waals surface area (Å²) in [5.41, 5.74) is 4.47. The van der Waals surface area contributed by atoms with Gasteiger partial charge in [-0.25, -0.2) is 14.2 Å². The van der Waals surface area contributed by atoms with Crippen LogP contribution in [0.4, 0.5) is 15.9 Å². The standard InChI is InChI=1S/C27H25FN4O3/c1-15-11-21(17(3)29-23-20(27(34)35)9-6-10-22(23)28)25-30-24(16(2)26(33)32(25)12-15)31-13-18-7-4-5-8-19(18)14-31/h4-12,17,29H,13-14H2,1-3H3,(H,34,35). The van der Waals surface area contributed by atoms with Crippen molar-refractivity contribution < 1.29 is 14.3 Å². The second kappa shape index (κ2) is 8.54. The van der Waals surface area contributed by atoms with Gasteiger partial charge < -0.3 is 15.3 Å². The fourth-order valence-electron chi connectivity index (χ4n) is 4.74. The van der Waals surface area contributed by atoms with E-state index in [0.29, 0.717) is 35.7 Å². The van der Waals surface area contributed by atoms with Crippen LogP contribution in [-0.4, -0.2) is 20.5 Å². The van der Waals surface area contributed by atoms with Gasteiger partial charge in [0.15, 0.2) is 0 Å². The Kier molecular flexibility index (Phi) is 5.51. The first-order valence-corrected chi connectivity index (χ1v) is 11.4. The maximum atomic E-state index is 14.6. The lowest BCUT2D eigenvalue weighted by molar-refractivity contribution is 0.0697. The summed E-state index contributed by atoms with van der Waals surface area (Å²) in [5, 5.41) is 12.5. The Hall–Kier alpha value is -4.20. The Balaban J connectivity index is 1.62. The van der Waals surface area contributed by atoms with Gasteiger partial charge in [-0.1, -0.05) is 30.3 Å². The van der Waals surface area contributed by atoms with Crippen LogP contribution in [0.25, 0.3) is 5.65 Å². The van der Waals surface area contributed by atoms with E-state index in [9.17, 15) is 19.1 Å². The molecule has 0 aliphatic carbocycles. The van der Waals surface area contributed by atoms with Crippen LogP contribution >= 0.6 is 0 Å². The number of hydrogen-bond acceptors (Lipinski definition) is 5. The SMILES string of the molecule is Cc1cc(C(C)Nc2c(F)cccc2C(=O)O)c2nc(N3Cc4ccccc4C3)c(C)c(=O)n2c1. The van der Waals surface area contributed by atoms with Gasteiger partial charge in [0.1, 0.15) is 17.3 Å². The Bertz CT molecular complexity index is 1520. The zero-order chi connectivity index (χ0) is 24.9. The highest BCUT2D eigenvalue weighted by Gasteiger charge is 2.25. The monoisotopic (exact) mass is 472 g/mol. The summed E-state index contributed by atoms with van der Waals surface area (Å²) in [5.74, 6) is -1.28. The van der Waals surface area contributed by atoms with E-state index in [0.717, 1.165) is 5.56 Å². The summed E-state index contributed by atoms with van der Waals surface area (Å²) in [7, 11) is 0. The number of benzene rings is 2. The van der Waals surface area contributed by atoms with E-state index >= 15 is 0 Å². The molecule has 35 heavy (non-hydrogen) atoms. The minimum absolute atomic E-state index is 0.100. The molecule has 1 aliphatic heterocycles. The zero-order valence-electron chi connectivity index (χ0n) is 19.7. The third-order valence-corrected chi connectivity index (χ3v) is 6.50. The lowest BCUT2D eigenvalue weighted by Crippen LogP contribution is -2.27. The number of nitrogens with one attached hydrogen (secondary N) is 1. The van der Waals surface area contributed by atoms with Crippen molar-refractivity contribution in [3.8, 4) is 0 Å². The molecule has 1 aliphatic rings. The van der Waals surface area contributed by atoms with E-state index in [4.69, 9.17) is 4.98 Å². The molecule has 0 spiro atoms. The number of para-hydroxylation sites is 1. The molecule has 7 nitrogen and oxygen atoms in total. The highest BCUT2D eigenvalue weighted by atomic mass is 19.1. The molecule has 0 saturated heterocycles. The summed E-state index contributed by atoms with van der Waals surface area (Å²) in [6.45, 7) is 6.76. The van der Waals surface area contributed by atoms with Crippen LogP contribution in [0.15, 0.2) is 59.5 Å². The first-order chi connectivity index (χ1) is 16.7. The topological polar surface area (TPSA) is 86.9 Å². The number of hydrogen-bond donors (Lipinski definition) is 2. The number of pyridine rings is 1. The van der Waals surface area contributed by atoms with Crippen LogP contribution in [0.2, 0.25) is 0 Å². The zero-order valence-corrected chi connectivity index (χ0v) is 19.7. The second-order valence-electron chi connectivity index (χ2n) is 8.99. The number of carboxylic acids is 1. The number of halogens is 1. The molecule has 178 valence electrons. The molecular formula is C27H25FN4O3. The highest BCUT2D eigenvalue weighted by Crippen LogP contribution is 2.31. The first-order valence-electron chi connectivity index (χ1n) is 11.4. The second-order valence-corrected chi connectivity index (χ2v) is 8.99. The van der Waals surface area contributed by atoms with Crippen molar-refractivity contribution in [1.82, 2.24) is 9.38 Å². The number of carboxylic acid groups (broad SMARTS) is 1. The molecule has 4 aromatic rings. The van der Waals surface area contributed by atoms with Crippen molar-refractivity contribution in [1.29, 1.82) is 0 Å². The molecule has 1 atom stereocenters. The molecule has 2 N–H and O–H groups in total. The van der Waals surface area contributed by atoms with Gasteiger partial charge in [-0.15, -0.1) is 0 Å². The maximum Gasteiger partial charge on any atom is 0.337 e. The van der Waals surface area contributed by atoms with Crippen LogP contribution in [0.1, 0.15) is 51.1 Å². The summed E-state index contributed by atoms with van der Waals surface area (Å²) in [6, 6.07) is 13.4. The van der Waals surface area contributed by atoms with E-state index in [1.807, 2.05) is 25.1 Å². The summed E-state index contributed by atoms with van der Waals surface area (Å²) < 4.78 is 16.1. The van der Waals surface area contributed by atoms with Crippen molar-refractivity contribution in [3.05, 3.63) is 104 Å². The van der Waals surface area contributed by atoms with Crippen molar-refractivity contribution in [3.63, 3.8) is 0 Å². The molecule has 2 aromatic heterocycles. The lowest BCUT2D eigenvalue weighted by atomic mass is 10.1. The van der Waals surface area contributed by atoms with Crippen molar-refractivity contribution >= 4 is 23.1 Å². The van der Waals surface area contributed by atoms with Crippen molar-refractivity contribution in [2.75, 3.05) is 10.2 Å². The van der Waals surface area contributed by atoms with Crippen LogP contribution in [-0.2, 0) is 13.1 Å². The molecule has 0 radical (unpaired) electrons. The molecule has 2 aromatic carbocycles. The number of aromatic nitrogens is 2. The van der Waals surface area contributed by atoms with Crippen LogP contribution in [0.5, 0.6) is 0 Å². The lowest BCUT2D eigenvalue weighted by Gasteiger charge is -2.23. The number of rotatable bonds is 5. The summed E-state index contributed by atoms with van der Waals surface area (Å²) >= 11 is 0. The minimum atomic E-state index is -1.23. The molecule has 3 heterocycles. The highest BCUT2D eigenvalue weighted by molar-refractivity contribution is 5.94. The average Bonchev–Trinajstić information content (AvgIpc) is 3.26. The molecule has 5 rings (SSSR count). The Morgan fingerprint density at radius 3 is 2.46 bits per heavy atom. The maximum absolute atomic E-state index is 14.6. The first kappa shape index (κ1) is 22.6. The Morgan fingerprint density at radius 2 is 1.80 bits per heavy atom. The molecule has 1 unspecified atom stereocenters. The van der Waals surface area contributed by atoms with Crippen molar-refractivity contribution in [2.45, 2.75) is 39.9 Å². The van der Waals surface area contributed by atoms with Crippen LogP contribution in [0.3, 0.4) is 0 Å². The van der Waals surface area contributed by atoms with E-state index < -0.39 is 17.8 Å². The number of aromatic carboxylic acids is 1. The van der Waals surface area contributed by atoms with Crippen LogP contribution < -0.4 is 15.8 Å². The number of fused-ring (bicyclic) bond motifs is 2. The summed E-state index contributed by atoms with van der Waals surface area (Å²) in [6.07, 6.45) is 1.74. The predicted molar refractivity (Wildman–Crippen MR) is 133 cm³/mol. The van der Waals surface area contributed by atoms with E-state index in [1.165, 1.54) is 33.7 Å². The summed E-state index contributed by atoms with van der Waals surface area (Å²) in [4.78, 5) is 32.1. The van der Waals surface area contributed by atoms with Gasteiger partial charge in [-0.3, -0.25) is 9.20 Å². The van der Waals surface area contributed by atoms with Gasteiger partial charge in [-0.2, -0.15) is 0 Å². The third kappa shape index (κ3) is 3.90. The predicted octanol–water partition coefficient (Wildman–Crippen LogP) is 4.84. The Labute approximate surface area is 201 Å². The number of nitrogens with zero attached hydrogens (tertiary/aromatic N) is 3. The number of anilines is 2.